The van der Waals surface area contributed by atoms with Gasteiger partial charge in [0.25, 0.3) is 6.47 Å². The summed E-state index contributed by atoms with van der Waals surface area (Å²) in [6.45, 7) is 2.80. The number of hydrogen-bond donors (Lipinski definition) is 1. The number of hydrogen-bond acceptors (Lipinski definition) is 3. The third-order valence-electron chi connectivity index (χ3n) is 6.77. The van der Waals surface area contributed by atoms with Crippen molar-refractivity contribution in [2.24, 2.45) is 5.41 Å². The third-order valence-corrected chi connectivity index (χ3v) is 6.77. The van der Waals surface area contributed by atoms with Gasteiger partial charge in [0.2, 0.25) is 0 Å². The van der Waals surface area contributed by atoms with E-state index in [0.717, 1.165) is 83.5 Å². The van der Waals surface area contributed by atoms with E-state index in [-0.39, 0.29) is 11.0 Å². The maximum Gasteiger partial charge on any atom is 0.309 e. The number of rotatable bonds is 14. The van der Waals surface area contributed by atoms with Crippen LogP contribution in [0.4, 0.5) is 0 Å². The molecule has 154 valence electrons. The van der Waals surface area contributed by atoms with Gasteiger partial charge in [0.15, 0.2) is 0 Å². The van der Waals surface area contributed by atoms with E-state index in [2.05, 4.69) is 25.1 Å². The molecule has 4 nitrogen and oxygen atoms in total. The van der Waals surface area contributed by atoms with Gasteiger partial charge in [-0.2, -0.15) is 0 Å². The van der Waals surface area contributed by atoms with Crippen LogP contribution in [0.15, 0.2) is 18.2 Å². The molecule has 0 amide bonds. The molecule has 0 spiro atoms. The highest BCUT2D eigenvalue weighted by molar-refractivity contribution is 5.77. The highest BCUT2D eigenvalue weighted by Crippen LogP contribution is 2.50. The van der Waals surface area contributed by atoms with Crippen LogP contribution in [0.2, 0.25) is 0 Å². The van der Waals surface area contributed by atoms with E-state index in [1.165, 1.54) is 16.7 Å². The second kappa shape index (κ2) is 9.11. The summed E-state index contributed by atoms with van der Waals surface area (Å²) in [4.78, 5) is 21.7. The summed E-state index contributed by atoms with van der Waals surface area (Å²) in [6.07, 6.45) is 13.3. The summed E-state index contributed by atoms with van der Waals surface area (Å²) < 4.78 is 5.21. The molecule has 2 aliphatic carbocycles. The standard InChI is InChI=1S/C24H34O4/c1-19-17-20(7-3-2-5-11-23(13-14-23)22(26)27)9-10-21(19)8-4-6-12-24(15-16-24)28-18-25/h9-10,17-18H,2-8,11-16H2,1H3,(H,26,27). The lowest BCUT2D eigenvalue weighted by Crippen LogP contribution is -2.14. The molecular weight excluding hydrogens is 352 g/mol. The maximum atomic E-state index is 11.2. The minimum Gasteiger partial charge on any atom is -0.481 e. The molecule has 0 atom stereocenters. The van der Waals surface area contributed by atoms with Crippen molar-refractivity contribution in [3.05, 3.63) is 34.9 Å². The van der Waals surface area contributed by atoms with Crippen molar-refractivity contribution in [3.8, 4) is 0 Å². The van der Waals surface area contributed by atoms with Gasteiger partial charge in [-0.1, -0.05) is 31.0 Å². The molecule has 0 heterocycles. The van der Waals surface area contributed by atoms with Gasteiger partial charge in [-0.25, -0.2) is 0 Å². The van der Waals surface area contributed by atoms with E-state index < -0.39 is 5.97 Å². The fourth-order valence-corrected chi connectivity index (χ4v) is 4.32. The number of ether oxygens (including phenoxy) is 1. The number of carboxylic acid groups (broad SMARTS) is 1. The summed E-state index contributed by atoms with van der Waals surface area (Å²) in [7, 11) is 0. The molecule has 1 aromatic rings. The predicted molar refractivity (Wildman–Crippen MR) is 109 cm³/mol. The maximum absolute atomic E-state index is 11.2. The zero-order chi connectivity index (χ0) is 20.0. The van der Waals surface area contributed by atoms with Gasteiger partial charge in [0.1, 0.15) is 5.60 Å². The quantitative estimate of drug-likeness (QED) is 0.344. The van der Waals surface area contributed by atoms with Crippen LogP contribution < -0.4 is 0 Å². The van der Waals surface area contributed by atoms with Crippen LogP contribution in [0, 0.1) is 12.3 Å². The molecule has 0 aromatic heterocycles. The molecule has 2 aliphatic rings. The molecule has 1 aromatic carbocycles. The number of carbonyl (C=O) groups excluding carboxylic acids is 1. The lowest BCUT2D eigenvalue weighted by molar-refractivity contribution is -0.143. The van der Waals surface area contributed by atoms with E-state index in [9.17, 15) is 14.7 Å². The Hall–Kier alpha value is -1.84. The van der Waals surface area contributed by atoms with Gasteiger partial charge < -0.3 is 9.84 Å². The number of aliphatic carboxylic acids is 1. The van der Waals surface area contributed by atoms with Crippen molar-refractivity contribution in [1.29, 1.82) is 0 Å². The highest BCUT2D eigenvalue weighted by Gasteiger charge is 2.49. The molecule has 0 saturated heterocycles. The summed E-state index contributed by atoms with van der Waals surface area (Å²) in [5.41, 5.74) is 3.69. The molecule has 0 aliphatic heterocycles. The summed E-state index contributed by atoms with van der Waals surface area (Å²) >= 11 is 0. The highest BCUT2D eigenvalue weighted by atomic mass is 16.5. The number of benzene rings is 1. The molecule has 3 rings (SSSR count). The molecule has 0 bridgehead atoms. The van der Waals surface area contributed by atoms with Crippen molar-refractivity contribution >= 4 is 12.4 Å². The lowest BCUT2D eigenvalue weighted by atomic mass is 9.95. The molecule has 0 unspecified atom stereocenters. The average Bonchev–Trinajstić information content (AvgIpc) is 3.57. The van der Waals surface area contributed by atoms with Crippen LogP contribution in [-0.4, -0.2) is 23.1 Å². The summed E-state index contributed by atoms with van der Waals surface area (Å²) in [6, 6.07) is 6.83. The second-order valence-corrected chi connectivity index (χ2v) is 9.01. The lowest BCUT2D eigenvalue weighted by Gasteiger charge is -2.13. The zero-order valence-corrected chi connectivity index (χ0v) is 17.2. The van der Waals surface area contributed by atoms with Crippen LogP contribution in [0.5, 0.6) is 0 Å². The fraction of sp³-hybridized carbons (Fsp3) is 0.667. The molecule has 2 saturated carbocycles. The SMILES string of the molecule is Cc1cc(CCCCCC2(C(=O)O)CC2)ccc1CCCCC1(OC=O)CC1. The first-order chi connectivity index (χ1) is 13.5. The number of carbonyl (C=O) groups is 2. The largest absolute Gasteiger partial charge is 0.481 e. The number of carboxylic acids is 1. The first-order valence-corrected chi connectivity index (χ1v) is 10.9. The van der Waals surface area contributed by atoms with Crippen LogP contribution in [-0.2, 0) is 27.2 Å². The normalized spacial score (nSPS) is 18.5. The predicted octanol–water partition coefficient (Wildman–Crippen LogP) is 5.38. The van der Waals surface area contributed by atoms with Crippen LogP contribution >= 0.6 is 0 Å². The van der Waals surface area contributed by atoms with Crippen molar-refractivity contribution in [2.75, 3.05) is 0 Å². The first-order valence-electron chi connectivity index (χ1n) is 10.9. The van der Waals surface area contributed by atoms with Gasteiger partial charge in [-0.3, -0.25) is 9.59 Å². The van der Waals surface area contributed by atoms with Crippen molar-refractivity contribution < 1.29 is 19.4 Å². The van der Waals surface area contributed by atoms with Crippen molar-refractivity contribution in [2.45, 2.75) is 96.0 Å². The summed E-state index contributed by atoms with van der Waals surface area (Å²) in [5, 5.41) is 9.22. The van der Waals surface area contributed by atoms with Gasteiger partial charge in [-0.15, -0.1) is 0 Å². The van der Waals surface area contributed by atoms with Crippen molar-refractivity contribution in [1.82, 2.24) is 0 Å². The van der Waals surface area contributed by atoms with E-state index in [4.69, 9.17) is 4.74 Å². The Kier molecular flexibility index (Phi) is 6.79. The molecule has 1 N–H and O–H groups in total. The Morgan fingerprint density at radius 2 is 1.75 bits per heavy atom. The Balaban J connectivity index is 1.32. The van der Waals surface area contributed by atoms with Gasteiger partial charge in [-0.05, 0) is 94.2 Å². The molecule has 4 heteroatoms. The molecule has 2 fully saturated rings. The Labute approximate surface area is 168 Å². The van der Waals surface area contributed by atoms with Crippen LogP contribution in [0.25, 0.3) is 0 Å². The Morgan fingerprint density at radius 1 is 1.04 bits per heavy atom. The van der Waals surface area contributed by atoms with Gasteiger partial charge in [0.05, 0.1) is 5.41 Å². The number of unbranched alkanes of at least 4 members (excludes halogenated alkanes) is 3. The average molecular weight is 387 g/mol. The minimum atomic E-state index is -0.595. The number of aryl methyl sites for hydroxylation is 3. The monoisotopic (exact) mass is 386 g/mol. The Bertz CT molecular complexity index is 686. The van der Waals surface area contributed by atoms with Crippen molar-refractivity contribution in [3.63, 3.8) is 0 Å². The first kappa shape index (κ1) is 20.9. The van der Waals surface area contributed by atoms with Gasteiger partial charge in [0, 0.05) is 0 Å². The topological polar surface area (TPSA) is 63.6 Å². The second-order valence-electron chi connectivity index (χ2n) is 9.01. The van der Waals surface area contributed by atoms with E-state index in [1.807, 2.05) is 0 Å². The minimum absolute atomic E-state index is 0.121. The fourth-order valence-electron chi connectivity index (χ4n) is 4.32. The van der Waals surface area contributed by atoms with Gasteiger partial charge >= 0.3 is 5.97 Å². The van der Waals surface area contributed by atoms with E-state index in [0.29, 0.717) is 6.47 Å². The third kappa shape index (κ3) is 5.59. The van der Waals surface area contributed by atoms with Crippen LogP contribution in [0.3, 0.4) is 0 Å². The van der Waals surface area contributed by atoms with E-state index in [1.54, 1.807) is 0 Å². The van der Waals surface area contributed by atoms with E-state index >= 15 is 0 Å². The Morgan fingerprint density at radius 3 is 2.36 bits per heavy atom. The molecular formula is C24H34O4. The smallest absolute Gasteiger partial charge is 0.309 e. The molecule has 0 radical (unpaired) electrons. The molecule has 28 heavy (non-hydrogen) atoms. The zero-order valence-electron chi connectivity index (χ0n) is 17.2. The van der Waals surface area contributed by atoms with Crippen LogP contribution in [0.1, 0.15) is 87.3 Å². The summed E-state index contributed by atoms with van der Waals surface area (Å²) in [5.74, 6) is -0.595.